The second-order valence-corrected chi connectivity index (χ2v) is 7.55. The lowest BCUT2D eigenvalue weighted by Gasteiger charge is -2.37. The molecule has 1 aliphatic rings. The smallest absolute Gasteiger partial charge is 0.263 e. The summed E-state index contributed by atoms with van der Waals surface area (Å²) in [6.45, 7) is 0.682. The molecule has 1 amide bonds. The second kappa shape index (κ2) is 5.84. The number of nitrogens with zero attached hydrogens (tertiary/aromatic N) is 1. The monoisotopic (exact) mass is 308 g/mol. The fraction of sp³-hybridized carbons (Fsp3) is 0.533. The summed E-state index contributed by atoms with van der Waals surface area (Å²) in [6.07, 6.45) is 4.69. The highest BCUT2D eigenvalue weighted by molar-refractivity contribution is 7.27. The normalized spacial score (nSPS) is 23.1. The third-order valence-corrected chi connectivity index (χ3v) is 6.42. The van der Waals surface area contributed by atoms with Gasteiger partial charge in [0.1, 0.15) is 0 Å². The molecule has 3 rings (SSSR count). The summed E-state index contributed by atoms with van der Waals surface area (Å²) in [5.41, 5.74) is 5.88. The topological polar surface area (TPSA) is 46.3 Å². The van der Waals surface area contributed by atoms with Crippen LogP contribution in [0.25, 0.3) is 9.40 Å². The van der Waals surface area contributed by atoms with Gasteiger partial charge in [0.05, 0.1) is 4.88 Å². The van der Waals surface area contributed by atoms with Crippen molar-refractivity contribution in [2.75, 3.05) is 13.6 Å². The number of carbonyl (C=O) groups excluding carboxylic acids is 1. The molecular formula is C15H20N2OS2. The molecule has 2 aromatic heterocycles. The van der Waals surface area contributed by atoms with E-state index < -0.39 is 0 Å². The van der Waals surface area contributed by atoms with Gasteiger partial charge in [0.2, 0.25) is 0 Å². The number of hydrogen-bond acceptors (Lipinski definition) is 4. The van der Waals surface area contributed by atoms with Gasteiger partial charge >= 0.3 is 0 Å². The molecule has 1 fully saturated rings. The van der Waals surface area contributed by atoms with Crippen LogP contribution in [0.3, 0.4) is 0 Å². The van der Waals surface area contributed by atoms with E-state index >= 15 is 0 Å². The SMILES string of the molecule is CN(C(=O)c1cc2sccc2s1)C1CCCCC1CN. The molecule has 2 atom stereocenters. The van der Waals surface area contributed by atoms with Gasteiger partial charge in [-0.2, -0.15) is 0 Å². The van der Waals surface area contributed by atoms with Crippen molar-refractivity contribution in [3.63, 3.8) is 0 Å². The molecule has 0 bridgehead atoms. The molecule has 2 N–H and O–H groups in total. The molecule has 3 nitrogen and oxygen atoms in total. The first-order valence-electron chi connectivity index (χ1n) is 7.15. The number of hydrogen-bond donors (Lipinski definition) is 1. The Balaban J connectivity index is 1.80. The van der Waals surface area contributed by atoms with Gasteiger partial charge in [-0.1, -0.05) is 12.8 Å². The molecule has 20 heavy (non-hydrogen) atoms. The van der Waals surface area contributed by atoms with Crippen LogP contribution in [0, 0.1) is 5.92 Å². The van der Waals surface area contributed by atoms with Gasteiger partial charge in [-0.25, -0.2) is 0 Å². The van der Waals surface area contributed by atoms with E-state index in [1.54, 1.807) is 22.7 Å². The Labute approximate surface area is 127 Å². The molecule has 1 saturated carbocycles. The van der Waals surface area contributed by atoms with E-state index in [9.17, 15) is 4.79 Å². The molecule has 0 aromatic carbocycles. The van der Waals surface area contributed by atoms with E-state index in [0.29, 0.717) is 18.5 Å². The van der Waals surface area contributed by atoms with Crippen molar-refractivity contribution in [3.8, 4) is 0 Å². The maximum Gasteiger partial charge on any atom is 0.263 e. The lowest BCUT2D eigenvalue weighted by atomic mass is 9.83. The summed E-state index contributed by atoms with van der Waals surface area (Å²) in [6, 6.07) is 4.43. The average Bonchev–Trinajstić information content (AvgIpc) is 3.06. The van der Waals surface area contributed by atoms with Gasteiger partial charge in [0, 0.05) is 22.5 Å². The Morgan fingerprint density at radius 1 is 1.40 bits per heavy atom. The molecule has 0 radical (unpaired) electrons. The number of thiophene rings is 2. The highest BCUT2D eigenvalue weighted by atomic mass is 32.1. The molecular weight excluding hydrogens is 288 g/mol. The maximum atomic E-state index is 12.7. The first kappa shape index (κ1) is 14.0. The van der Waals surface area contributed by atoms with Crippen LogP contribution in [-0.2, 0) is 0 Å². The summed E-state index contributed by atoms with van der Waals surface area (Å²) in [5, 5.41) is 2.07. The van der Waals surface area contributed by atoms with Crippen LogP contribution in [0.2, 0.25) is 0 Å². The third kappa shape index (κ3) is 2.50. The molecule has 0 spiro atoms. The minimum Gasteiger partial charge on any atom is -0.338 e. The summed E-state index contributed by atoms with van der Waals surface area (Å²) in [5.74, 6) is 0.613. The fourth-order valence-electron chi connectivity index (χ4n) is 3.17. The number of nitrogens with two attached hydrogens (primary N) is 1. The van der Waals surface area contributed by atoms with Gasteiger partial charge in [-0.15, -0.1) is 22.7 Å². The lowest BCUT2D eigenvalue weighted by molar-refractivity contribution is 0.0625. The van der Waals surface area contributed by atoms with Crippen LogP contribution in [-0.4, -0.2) is 30.4 Å². The Kier molecular flexibility index (Phi) is 4.10. The number of rotatable bonds is 3. The van der Waals surface area contributed by atoms with E-state index in [1.165, 1.54) is 22.2 Å². The van der Waals surface area contributed by atoms with Crippen molar-refractivity contribution < 1.29 is 4.79 Å². The van der Waals surface area contributed by atoms with E-state index in [4.69, 9.17) is 5.73 Å². The first-order valence-corrected chi connectivity index (χ1v) is 8.84. The highest BCUT2D eigenvalue weighted by Crippen LogP contribution is 2.33. The van der Waals surface area contributed by atoms with Crippen molar-refractivity contribution in [3.05, 3.63) is 22.4 Å². The molecule has 0 aliphatic heterocycles. The van der Waals surface area contributed by atoms with Crippen LogP contribution >= 0.6 is 22.7 Å². The minimum absolute atomic E-state index is 0.156. The van der Waals surface area contributed by atoms with Crippen molar-refractivity contribution >= 4 is 38.0 Å². The van der Waals surface area contributed by atoms with Gasteiger partial charge in [0.15, 0.2) is 0 Å². The minimum atomic E-state index is 0.156. The Morgan fingerprint density at radius 2 is 2.20 bits per heavy atom. The molecule has 0 saturated heterocycles. The van der Waals surface area contributed by atoms with Gasteiger partial charge < -0.3 is 10.6 Å². The molecule has 108 valence electrons. The van der Waals surface area contributed by atoms with Gasteiger partial charge in [-0.3, -0.25) is 4.79 Å². The average molecular weight is 308 g/mol. The summed E-state index contributed by atoms with van der Waals surface area (Å²) in [4.78, 5) is 15.5. The zero-order valence-electron chi connectivity index (χ0n) is 11.7. The number of carbonyl (C=O) groups is 1. The third-order valence-electron chi connectivity index (χ3n) is 4.34. The van der Waals surface area contributed by atoms with E-state index in [1.807, 2.05) is 18.0 Å². The largest absolute Gasteiger partial charge is 0.338 e. The van der Waals surface area contributed by atoms with Crippen LogP contribution in [0.5, 0.6) is 0 Å². The van der Waals surface area contributed by atoms with Crippen LogP contribution in [0.1, 0.15) is 35.4 Å². The van der Waals surface area contributed by atoms with Crippen LogP contribution < -0.4 is 5.73 Å². The lowest BCUT2D eigenvalue weighted by Crippen LogP contribution is -2.45. The Morgan fingerprint density at radius 3 is 2.95 bits per heavy atom. The summed E-state index contributed by atoms with van der Waals surface area (Å²) >= 11 is 3.30. The van der Waals surface area contributed by atoms with Gasteiger partial charge in [0.25, 0.3) is 5.91 Å². The zero-order valence-corrected chi connectivity index (χ0v) is 13.3. The summed E-state index contributed by atoms with van der Waals surface area (Å²) < 4.78 is 2.43. The molecule has 2 aromatic rings. The maximum absolute atomic E-state index is 12.7. The van der Waals surface area contributed by atoms with E-state index in [-0.39, 0.29) is 5.91 Å². The Hall–Kier alpha value is -0.910. The number of fused-ring (bicyclic) bond motifs is 1. The molecule has 5 heteroatoms. The first-order chi connectivity index (χ1) is 9.70. The van der Waals surface area contributed by atoms with E-state index in [2.05, 4.69) is 11.4 Å². The predicted octanol–water partition coefficient (Wildman–Crippen LogP) is 3.55. The zero-order chi connectivity index (χ0) is 14.1. The fourth-order valence-corrected chi connectivity index (χ4v) is 5.26. The molecule has 2 unspecified atom stereocenters. The van der Waals surface area contributed by atoms with Crippen LogP contribution in [0.4, 0.5) is 0 Å². The quantitative estimate of drug-likeness (QED) is 0.942. The van der Waals surface area contributed by atoms with Crippen molar-refractivity contribution in [1.82, 2.24) is 4.90 Å². The molecule has 1 aliphatic carbocycles. The predicted molar refractivity (Wildman–Crippen MR) is 86.6 cm³/mol. The van der Waals surface area contributed by atoms with Gasteiger partial charge in [-0.05, 0) is 42.8 Å². The van der Waals surface area contributed by atoms with Crippen molar-refractivity contribution in [1.29, 1.82) is 0 Å². The molecule has 2 heterocycles. The van der Waals surface area contributed by atoms with E-state index in [0.717, 1.165) is 17.7 Å². The van der Waals surface area contributed by atoms with Crippen molar-refractivity contribution in [2.24, 2.45) is 11.7 Å². The standard InChI is InChI=1S/C15H20N2OS2/c1-17(11-5-3-2-4-10(11)9-16)15(18)14-8-13-12(20-14)6-7-19-13/h6-8,10-11H,2-5,9,16H2,1H3. The highest BCUT2D eigenvalue weighted by Gasteiger charge is 2.30. The van der Waals surface area contributed by atoms with Crippen molar-refractivity contribution in [2.45, 2.75) is 31.7 Å². The number of amides is 1. The Bertz CT molecular complexity index is 575. The second-order valence-electron chi connectivity index (χ2n) is 5.52. The van der Waals surface area contributed by atoms with Crippen LogP contribution in [0.15, 0.2) is 17.5 Å². The summed E-state index contributed by atoms with van der Waals surface area (Å²) in [7, 11) is 1.94.